The first-order valence-corrected chi connectivity index (χ1v) is 5.23. The molecule has 86 valence electrons. The Bertz CT molecular complexity index is 346. The van der Waals surface area contributed by atoms with Gasteiger partial charge in [-0.1, -0.05) is 6.08 Å². The number of carbonyl (C=O) groups excluding carboxylic acids is 1. The van der Waals surface area contributed by atoms with E-state index in [-0.39, 0.29) is 0 Å². The van der Waals surface area contributed by atoms with Crippen LogP contribution < -0.4 is 4.74 Å². The molecule has 0 amide bonds. The van der Waals surface area contributed by atoms with Gasteiger partial charge < -0.3 is 9.47 Å². The van der Waals surface area contributed by atoms with Crippen molar-refractivity contribution in [1.29, 1.82) is 0 Å². The van der Waals surface area contributed by atoms with Gasteiger partial charge in [-0.2, -0.15) is 0 Å². The van der Waals surface area contributed by atoms with Crippen molar-refractivity contribution in [2.24, 2.45) is 0 Å². The largest absolute Gasteiger partial charge is 0.491 e. The Balaban J connectivity index is 2.32. The monoisotopic (exact) mass is 240 g/mol. The van der Waals surface area contributed by atoms with E-state index in [9.17, 15) is 4.79 Å². The molecular weight excluding hydrogens is 228 g/mol. The molecule has 0 bridgehead atoms. The maximum atomic E-state index is 10.8. The quantitative estimate of drug-likeness (QED) is 0.418. The van der Waals surface area contributed by atoms with Crippen LogP contribution in [0.2, 0.25) is 0 Å². The van der Waals surface area contributed by atoms with E-state index >= 15 is 0 Å². The van der Waals surface area contributed by atoms with Gasteiger partial charge in [-0.05, 0) is 35.9 Å². The summed E-state index contributed by atoms with van der Waals surface area (Å²) < 4.78 is 10.5. The lowest BCUT2D eigenvalue weighted by molar-refractivity contribution is 0.108. The number of hydrogen-bond acceptors (Lipinski definition) is 3. The van der Waals surface area contributed by atoms with Gasteiger partial charge in [-0.15, -0.1) is 6.58 Å². The van der Waals surface area contributed by atoms with E-state index in [1.165, 1.54) is 0 Å². The van der Waals surface area contributed by atoms with Gasteiger partial charge in [0.2, 0.25) is 0 Å². The van der Waals surface area contributed by atoms with Crippen molar-refractivity contribution < 1.29 is 14.3 Å². The van der Waals surface area contributed by atoms with Crippen molar-refractivity contribution in [2.75, 3.05) is 19.8 Å². The van der Waals surface area contributed by atoms with Crippen LogP contribution in [0.1, 0.15) is 10.4 Å². The van der Waals surface area contributed by atoms with Crippen molar-refractivity contribution in [3.63, 3.8) is 0 Å². The molecule has 0 aromatic heterocycles. The molecule has 0 atom stereocenters. The van der Waals surface area contributed by atoms with Gasteiger partial charge in [0.05, 0.1) is 13.2 Å². The van der Waals surface area contributed by atoms with E-state index in [1.807, 2.05) is 0 Å². The first kappa shape index (κ1) is 12.7. The average Bonchev–Trinajstić information content (AvgIpc) is 2.29. The predicted molar refractivity (Wildman–Crippen MR) is 63.1 cm³/mol. The van der Waals surface area contributed by atoms with E-state index in [0.29, 0.717) is 31.1 Å². The fourth-order valence-corrected chi connectivity index (χ4v) is 1.19. The molecule has 3 nitrogen and oxygen atoms in total. The Morgan fingerprint density at radius 3 is 2.56 bits per heavy atom. The minimum absolute atomic E-state index is 0.455. The second kappa shape index (κ2) is 7.04. The fourth-order valence-electron chi connectivity index (χ4n) is 1.07. The van der Waals surface area contributed by atoms with Gasteiger partial charge >= 0.3 is 0 Å². The van der Waals surface area contributed by atoms with E-state index in [0.717, 1.165) is 0 Å². The lowest BCUT2D eigenvalue weighted by Crippen LogP contribution is -2.06. The highest BCUT2D eigenvalue weighted by molar-refractivity contribution is 6.67. The number of benzene rings is 1. The number of carbonyl (C=O) groups is 1. The lowest BCUT2D eigenvalue weighted by Gasteiger charge is -2.06. The molecule has 0 radical (unpaired) electrons. The smallest absolute Gasteiger partial charge is 0.252 e. The molecule has 1 aromatic rings. The molecule has 4 heteroatoms. The van der Waals surface area contributed by atoms with Gasteiger partial charge in [-0.3, -0.25) is 4.79 Å². The molecule has 16 heavy (non-hydrogen) atoms. The number of halogens is 1. The number of ether oxygens (including phenoxy) is 2. The first-order valence-electron chi connectivity index (χ1n) is 4.85. The molecule has 0 spiro atoms. The van der Waals surface area contributed by atoms with Gasteiger partial charge in [0, 0.05) is 5.56 Å². The van der Waals surface area contributed by atoms with Crippen molar-refractivity contribution in [3.05, 3.63) is 42.5 Å². The minimum atomic E-state index is -0.471. The molecule has 0 aliphatic heterocycles. The molecule has 0 aliphatic rings. The standard InChI is InChI=1S/C12H13ClO3/c1-2-7-15-8-9-16-11-5-3-10(4-6-11)12(13)14/h2-6H,1,7-9H2. The summed E-state index contributed by atoms with van der Waals surface area (Å²) in [5.41, 5.74) is 0.455. The Kier molecular flexibility index (Phi) is 5.61. The Labute approximate surface area is 99.6 Å². The van der Waals surface area contributed by atoms with Gasteiger partial charge in [-0.25, -0.2) is 0 Å². The fraction of sp³-hybridized carbons (Fsp3) is 0.250. The predicted octanol–water partition coefficient (Wildman–Crippen LogP) is 2.65. The SMILES string of the molecule is C=CCOCCOc1ccc(C(=O)Cl)cc1. The highest BCUT2D eigenvalue weighted by Gasteiger charge is 2.01. The molecule has 0 unspecified atom stereocenters. The van der Waals surface area contributed by atoms with Crippen LogP contribution in [0, 0.1) is 0 Å². The van der Waals surface area contributed by atoms with E-state index in [2.05, 4.69) is 6.58 Å². The summed E-state index contributed by atoms with van der Waals surface area (Å²) in [6, 6.07) is 6.64. The topological polar surface area (TPSA) is 35.5 Å². The van der Waals surface area contributed by atoms with Crippen LogP contribution in [0.5, 0.6) is 5.75 Å². The summed E-state index contributed by atoms with van der Waals surface area (Å²) in [5.74, 6) is 0.684. The van der Waals surface area contributed by atoms with Crippen molar-refractivity contribution in [3.8, 4) is 5.75 Å². The zero-order valence-electron chi connectivity index (χ0n) is 8.82. The summed E-state index contributed by atoms with van der Waals surface area (Å²) in [6.45, 7) is 5.01. The average molecular weight is 241 g/mol. The van der Waals surface area contributed by atoms with E-state index < -0.39 is 5.24 Å². The van der Waals surface area contributed by atoms with Gasteiger partial charge in [0.15, 0.2) is 0 Å². The zero-order chi connectivity index (χ0) is 11.8. The Morgan fingerprint density at radius 1 is 1.31 bits per heavy atom. The van der Waals surface area contributed by atoms with Crippen LogP contribution in [0.25, 0.3) is 0 Å². The Hall–Kier alpha value is -1.32. The van der Waals surface area contributed by atoms with Crippen LogP contribution in [0.4, 0.5) is 0 Å². The molecule has 0 N–H and O–H groups in total. The first-order chi connectivity index (χ1) is 7.74. The summed E-state index contributed by atoms with van der Waals surface area (Å²) in [5, 5.41) is -0.471. The second-order valence-electron chi connectivity index (χ2n) is 3.01. The zero-order valence-corrected chi connectivity index (χ0v) is 9.57. The molecular formula is C12H13ClO3. The summed E-state index contributed by atoms with van der Waals surface area (Å²) in [6.07, 6.45) is 1.68. The Morgan fingerprint density at radius 2 is 2.00 bits per heavy atom. The third-order valence-corrected chi connectivity index (χ3v) is 2.03. The van der Waals surface area contributed by atoms with E-state index in [1.54, 1.807) is 30.3 Å². The van der Waals surface area contributed by atoms with Crippen molar-refractivity contribution >= 4 is 16.8 Å². The van der Waals surface area contributed by atoms with Crippen molar-refractivity contribution in [2.45, 2.75) is 0 Å². The van der Waals surface area contributed by atoms with Gasteiger partial charge in [0.25, 0.3) is 5.24 Å². The lowest BCUT2D eigenvalue weighted by atomic mass is 10.2. The molecule has 1 aromatic carbocycles. The molecule has 0 fully saturated rings. The van der Waals surface area contributed by atoms with Crippen LogP contribution in [-0.2, 0) is 4.74 Å². The summed E-state index contributed by atoms with van der Waals surface area (Å²) >= 11 is 5.31. The summed E-state index contributed by atoms with van der Waals surface area (Å²) in [4.78, 5) is 10.8. The van der Waals surface area contributed by atoms with Crippen LogP contribution in [0.3, 0.4) is 0 Å². The summed E-state index contributed by atoms with van der Waals surface area (Å²) in [7, 11) is 0. The van der Waals surface area contributed by atoms with Gasteiger partial charge in [0.1, 0.15) is 12.4 Å². The van der Waals surface area contributed by atoms with Crippen LogP contribution >= 0.6 is 11.6 Å². The molecule has 0 heterocycles. The normalized spacial score (nSPS) is 9.81. The van der Waals surface area contributed by atoms with Crippen molar-refractivity contribution in [1.82, 2.24) is 0 Å². The molecule has 0 saturated carbocycles. The second-order valence-corrected chi connectivity index (χ2v) is 3.35. The molecule has 0 aliphatic carbocycles. The number of rotatable bonds is 7. The van der Waals surface area contributed by atoms with Crippen LogP contribution in [-0.4, -0.2) is 25.1 Å². The maximum Gasteiger partial charge on any atom is 0.252 e. The van der Waals surface area contributed by atoms with E-state index in [4.69, 9.17) is 21.1 Å². The minimum Gasteiger partial charge on any atom is -0.491 e. The maximum absolute atomic E-state index is 10.8. The molecule has 1 rings (SSSR count). The number of hydrogen-bond donors (Lipinski definition) is 0. The third-order valence-electron chi connectivity index (χ3n) is 1.81. The highest BCUT2D eigenvalue weighted by Crippen LogP contribution is 2.13. The third kappa shape index (κ3) is 4.47. The van der Waals surface area contributed by atoms with Crippen LogP contribution in [0.15, 0.2) is 36.9 Å². The molecule has 0 saturated heterocycles. The highest BCUT2D eigenvalue weighted by atomic mass is 35.5.